The topological polar surface area (TPSA) is 59.1 Å². The molecule has 2 atom stereocenters. The highest BCUT2D eigenvalue weighted by Crippen LogP contribution is 2.35. The number of aliphatic hydroxyl groups is 1. The van der Waals surface area contributed by atoms with Crippen molar-refractivity contribution in [2.24, 2.45) is 11.7 Å². The van der Waals surface area contributed by atoms with Crippen molar-refractivity contribution in [3.05, 3.63) is 30.1 Å². The zero-order valence-corrected chi connectivity index (χ0v) is 8.84. The highest BCUT2D eigenvalue weighted by molar-refractivity contribution is 5.18. The second-order valence-corrected chi connectivity index (χ2v) is 4.30. The van der Waals surface area contributed by atoms with Gasteiger partial charge >= 0.3 is 0 Å². The molecule has 0 aromatic carbocycles. The van der Waals surface area contributed by atoms with E-state index in [1.807, 2.05) is 12.1 Å². The SMILES string of the molecule is NCC(c1ccncc1)C(O)C1CCC1. The Balaban J connectivity index is 2.09. The lowest BCUT2D eigenvalue weighted by atomic mass is 9.75. The van der Waals surface area contributed by atoms with Crippen molar-refractivity contribution in [3.8, 4) is 0 Å². The Morgan fingerprint density at radius 2 is 2.07 bits per heavy atom. The quantitative estimate of drug-likeness (QED) is 0.780. The molecule has 3 heteroatoms. The Morgan fingerprint density at radius 3 is 2.53 bits per heavy atom. The standard InChI is InChI=1S/C12H18N2O/c13-8-11(9-4-6-14-7-5-9)12(15)10-2-1-3-10/h4-7,10-12,15H,1-3,8,13H2. The zero-order chi connectivity index (χ0) is 10.7. The van der Waals surface area contributed by atoms with Gasteiger partial charge in [-0.2, -0.15) is 0 Å². The predicted octanol–water partition coefficient (Wildman–Crippen LogP) is 1.28. The number of hydrogen-bond acceptors (Lipinski definition) is 3. The Hall–Kier alpha value is -0.930. The molecule has 3 N–H and O–H groups in total. The number of nitrogens with zero attached hydrogens (tertiary/aromatic N) is 1. The van der Waals surface area contributed by atoms with E-state index < -0.39 is 0 Å². The van der Waals surface area contributed by atoms with Crippen molar-refractivity contribution in [1.29, 1.82) is 0 Å². The highest BCUT2D eigenvalue weighted by atomic mass is 16.3. The minimum absolute atomic E-state index is 0.0679. The molecule has 3 nitrogen and oxygen atoms in total. The number of nitrogens with two attached hydrogens (primary N) is 1. The summed E-state index contributed by atoms with van der Waals surface area (Å²) in [7, 11) is 0. The first-order chi connectivity index (χ1) is 7.33. The molecule has 1 heterocycles. The third-order valence-corrected chi connectivity index (χ3v) is 3.43. The molecule has 15 heavy (non-hydrogen) atoms. The second kappa shape index (κ2) is 4.73. The van der Waals surface area contributed by atoms with Gasteiger partial charge in [-0.05, 0) is 36.5 Å². The number of aliphatic hydroxyl groups excluding tert-OH is 1. The lowest BCUT2D eigenvalue weighted by Crippen LogP contribution is -2.35. The van der Waals surface area contributed by atoms with E-state index in [-0.39, 0.29) is 12.0 Å². The molecule has 1 aliphatic rings. The Labute approximate surface area is 90.3 Å². The van der Waals surface area contributed by atoms with Crippen LogP contribution in [0.2, 0.25) is 0 Å². The summed E-state index contributed by atoms with van der Waals surface area (Å²) in [5.41, 5.74) is 6.85. The highest BCUT2D eigenvalue weighted by Gasteiger charge is 2.31. The van der Waals surface area contributed by atoms with Gasteiger partial charge in [-0.1, -0.05) is 6.42 Å². The predicted molar refractivity (Wildman–Crippen MR) is 59.4 cm³/mol. The van der Waals surface area contributed by atoms with Crippen molar-refractivity contribution in [3.63, 3.8) is 0 Å². The lowest BCUT2D eigenvalue weighted by molar-refractivity contribution is 0.0420. The van der Waals surface area contributed by atoms with Crippen LogP contribution in [0.25, 0.3) is 0 Å². The van der Waals surface area contributed by atoms with Crippen LogP contribution < -0.4 is 5.73 Å². The summed E-state index contributed by atoms with van der Waals surface area (Å²) in [6.07, 6.45) is 6.75. The van der Waals surface area contributed by atoms with E-state index >= 15 is 0 Å². The van der Waals surface area contributed by atoms with Gasteiger partial charge in [0.1, 0.15) is 0 Å². The molecule has 1 aromatic rings. The monoisotopic (exact) mass is 206 g/mol. The summed E-state index contributed by atoms with van der Waals surface area (Å²) >= 11 is 0. The molecule has 0 amide bonds. The molecule has 2 unspecified atom stereocenters. The third kappa shape index (κ3) is 2.19. The van der Waals surface area contributed by atoms with E-state index in [0.29, 0.717) is 12.5 Å². The van der Waals surface area contributed by atoms with Crippen molar-refractivity contribution < 1.29 is 5.11 Å². The fourth-order valence-electron chi connectivity index (χ4n) is 2.19. The fourth-order valence-corrected chi connectivity index (χ4v) is 2.19. The largest absolute Gasteiger partial charge is 0.392 e. The van der Waals surface area contributed by atoms with Crippen LogP contribution in [0.5, 0.6) is 0 Å². The molecule has 1 aromatic heterocycles. The van der Waals surface area contributed by atoms with Gasteiger partial charge in [0.15, 0.2) is 0 Å². The molecule has 1 saturated carbocycles. The van der Waals surface area contributed by atoms with Crippen LogP contribution in [0.15, 0.2) is 24.5 Å². The van der Waals surface area contributed by atoms with Crippen LogP contribution in [0.1, 0.15) is 30.7 Å². The summed E-state index contributed by atoms with van der Waals surface area (Å²) in [6, 6.07) is 3.89. The Kier molecular flexibility index (Phi) is 3.34. The summed E-state index contributed by atoms with van der Waals surface area (Å²) in [5, 5.41) is 10.2. The molecule has 0 radical (unpaired) electrons. The van der Waals surface area contributed by atoms with Crippen LogP contribution in [-0.2, 0) is 0 Å². The maximum Gasteiger partial charge on any atom is 0.0649 e. The van der Waals surface area contributed by atoms with Crippen LogP contribution in [0, 0.1) is 5.92 Å². The molecular weight excluding hydrogens is 188 g/mol. The van der Waals surface area contributed by atoms with Crippen LogP contribution in [-0.4, -0.2) is 22.7 Å². The normalized spacial score (nSPS) is 20.7. The zero-order valence-electron chi connectivity index (χ0n) is 8.84. The van der Waals surface area contributed by atoms with Crippen molar-refractivity contribution in [1.82, 2.24) is 4.98 Å². The second-order valence-electron chi connectivity index (χ2n) is 4.30. The minimum Gasteiger partial charge on any atom is -0.392 e. The van der Waals surface area contributed by atoms with Gasteiger partial charge < -0.3 is 10.8 Å². The van der Waals surface area contributed by atoms with E-state index in [4.69, 9.17) is 5.73 Å². The van der Waals surface area contributed by atoms with Gasteiger partial charge in [-0.3, -0.25) is 4.98 Å². The average Bonchev–Trinajstić information content (AvgIpc) is 2.18. The number of aromatic nitrogens is 1. The molecule has 1 aliphatic carbocycles. The van der Waals surface area contributed by atoms with Gasteiger partial charge in [0, 0.05) is 24.9 Å². The van der Waals surface area contributed by atoms with Crippen LogP contribution in [0.4, 0.5) is 0 Å². The van der Waals surface area contributed by atoms with E-state index in [2.05, 4.69) is 4.98 Å². The molecule has 0 spiro atoms. The molecular formula is C12H18N2O. The first kappa shape index (κ1) is 10.6. The van der Waals surface area contributed by atoms with E-state index in [1.165, 1.54) is 6.42 Å². The van der Waals surface area contributed by atoms with Gasteiger partial charge in [-0.25, -0.2) is 0 Å². The van der Waals surface area contributed by atoms with Gasteiger partial charge in [0.25, 0.3) is 0 Å². The van der Waals surface area contributed by atoms with E-state index in [9.17, 15) is 5.11 Å². The van der Waals surface area contributed by atoms with Crippen molar-refractivity contribution >= 4 is 0 Å². The molecule has 1 fully saturated rings. The Morgan fingerprint density at radius 1 is 1.40 bits per heavy atom. The smallest absolute Gasteiger partial charge is 0.0649 e. The maximum absolute atomic E-state index is 10.2. The Bertz CT molecular complexity index is 298. The first-order valence-corrected chi connectivity index (χ1v) is 5.61. The van der Waals surface area contributed by atoms with Gasteiger partial charge in [0.2, 0.25) is 0 Å². The van der Waals surface area contributed by atoms with E-state index in [0.717, 1.165) is 18.4 Å². The summed E-state index contributed by atoms with van der Waals surface area (Å²) in [5.74, 6) is 0.519. The van der Waals surface area contributed by atoms with Gasteiger partial charge in [-0.15, -0.1) is 0 Å². The third-order valence-electron chi connectivity index (χ3n) is 3.43. The molecule has 0 saturated heterocycles. The number of rotatable bonds is 4. The summed E-state index contributed by atoms with van der Waals surface area (Å²) in [4.78, 5) is 3.98. The summed E-state index contributed by atoms with van der Waals surface area (Å²) in [6.45, 7) is 0.502. The number of hydrogen-bond donors (Lipinski definition) is 2. The average molecular weight is 206 g/mol. The molecule has 82 valence electrons. The molecule has 2 rings (SSSR count). The molecule has 0 aliphatic heterocycles. The lowest BCUT2D eigenvalue weighted by Gasteiger charge is -2.35. The van der Waals surface area contributed by atoms with Crippen molar-refractivity contribution in [2.75, 3.05) is 6.54 Å². The van der Waals surface area contributed by atoms with Crippen molar-refractivity contribution in [2.45, 2.75) is 31.3 Å². The fraction of sp³-hybridized carbons (Fsp3) is 0.583. The number of pyridine rings is 1. The van der Waals surface area contributed by atoms with E-state index in [1.54, 1.807) is 12.4 Å². The summed E-state index contributed by atoms with van der Waals surface area (Å²) < 4.78 is 0. The molecule has 0 bridgehead atoms. The minimum atomic E-state index is -0.286. The van der Waals surface area contributed by atoms with Crippen LogP contribution in [0.3, 0.4) is 0 Å². The maximum atomic E-state index is 10.2. The van der Waals surface area contributed by atoms with Crippen LogP contribution >= 0.6 is 0 Å². The van der Waals surface area contributed by atoms with Gasteiger partial charge in [0.05, 0.1) is 6.10 Å². The first-order valence-electron chi connectivity index (χ1n) is 5.61.